The molecule has 4 heteroatoms. The molecule has 0 spiro atoms. The molecule has 0 atom stereocenters. The molecular weight excluding hydrogens is 298 g/mol. The number of pyridine rings is 1. The normalized spacial score (nSPS) is 10.0. The number of methoxy groups -OCH3 is 1. The van der Waals surface area contributed by atoms with E-state index >= 15 is 0 Å². The molecule has 3 aromatic rings. The quantitative estimate of drug-likeness (QED) is 0.502. The van der Waals surface area contributed by atoms with Gasteiger partial charge in [0, 0.05) is 17.0 Å². The summed E-state index contributed by atoms with van der Waals surface area (Å²) in [7, 11) is 1.39. The summed E-state index contributed by atoms with van der Waals surface area (Å²) in [5, 5.41) is 2.45. The van der Waals surface area contributed by atoms with E-state index in [1.165, 1.54) is 17.9 Å². The number of esters is 1. The van der Waals surface area contributed by atoms with Gasteiger partial charge in [-0.2, -0.15) is 0 Å². The number of hydrogen-bond donors (Lipinski definition) is 0. The van der Waals surface area contributed by atoms with E-state index in [-0.39, 0.29) is 18.4 Å². The van der Waals surface area contributed by atoms with Crippen LogP contribution in [0.5, 0.6) is 0 Å². The Bertz CT molecular complexity index is 784. The number of benzene rings is 2. The molecule has 1 aromatic heterocycles. The molecule has 3 nitrogen and oxygen atoms in total. The van der Waals surface area contributed by atoms with Crippen LogP contribution in [0.4, 0.5) is 0 Å². The maximum atomic E-state index is 11.4. The zero-order valence-electron chi connectivity index (χ0n) is 12.2. The van der Waals surface area contributed by atoms with Crippen molar-refractivity contribution in [1.29, 1.82) is 0 Å². The van der Waals surface area contributed by atoms with Crippen LogP contribution in [0.1, 0.15) is 15.9 Å². The van der Waals surface area contributed by atoms with Gasteiger partial charge < -0.3 is 17.1 Å². The highest BCUT2D eigenvalue weighted by Crippen LogP contribution is 2.10. The van der Waals surface area contributed by atoms with Gasteiger partial charge in [0.25, 0.3) is 0 Å². The molecule has 1 heterocycles. The van der Waals surface area contributed by atoms with Crippen LogP contribution in [-0.2, 0) is 11.3 Å². The lowest BCUT2D eigenvalue weighted by Gasteiger charge is -2.02. The van der Waals surface area contributed by atoms with Gasteiger partial charge >= 0.3 is 5.97 Å². The molecular formula is C18H16ClNO2. The fourth-order valence-electron chi connectivity index (χ4n) is 2.35. The van der Waals surface area contributed by atoms with Crippen LogP contribution in [-0.4, -0.2) is 13.1 Å². The van der Waals surface area contributed by atoms with Gasteiger partial charge in [-0.05, 0) is 23.6 Å². The predicted octanol–water partition coefficient (Wildman–Crippen LogP) is -0.0338. The molecule has 0 N–H and O–H groups in total. The summed E-state index contributed by atoms with van der Waals surface area (Å²) in [4.78, 5) is 11.4. The van der Waals surface area contributed by atoms with E-state index in [0.29, 0.717) is 5.56 Å². The summed E-state index contributed by atoms with van der Waals surface area (Å²) in [5.41, 5.74) is 1.72. The number of rotatable bonds is 3. The average molecular weight is 314 g/mol. The molecule has 0 bridgehead atoms. The van der Waals surface area contributed by atoms with Gasteiger partial charge in [0.1, 0.15) is 0 Å². The number of carbonyl (C=O) groups excluding carboxylic acids is 1. The zero-order valence-corrected chi connectivity index (χ0v) is 13.0. The van der Waals surface area contributed by atoms with Crippen LogP contribution in [0.15, 0.2) is 67.0 Å². The largest absolute Gasteiger partial charge is 1.00 e. The lowest BCUT2D eigenvalue weighted by Crippen LogP contribution is -3.00. The highest BCUT2D eigenvalue weighted by atomic mass is 35.5. The molecule has 22 heavy (non-hydrogen) atoms. The minimum absolute atomic E-state index is 0. The van der Waals surface area contributed by atoms with Crippen molar-refractivity contribution in [1.82, 2.24) is 0 Å². The van der Waals surface area contributed by atoms with Gasteiger partial charge in [-0.25, -0.2) is 9.36 Å². The lowest BCUT2D eigenvalue weighted by atomic mass is 10.1. The summed E-state index contributed by atoms with van der Waals surface area (Å²) in [6, 6.07) is 17.9. The summed E-state index contributed by atoms with van der Waals surface area (Å²) in [5.74, 6) is -0.306. The Labute approximate surface area is 135 Å². The summed E-state index contributed by atoms with van der Waals surface area (Å²) in [6.45, 7) is 0.770. The highest BCUT2D eigenvalue weighted by Gasteiger charge is 2.07. The van der Waals surface area contributed by atoms with Crippen LogP contribution < -0.4 is 17.0 Å². The Morgan fingerprint density at radius 2 is 1.68 bits per heavy atom. The molecule has 0 aliphatic heterocycles. The van der Waals surface area contributed by atoms with Gasteiger partial charge in [-0.1, -0.05) is 30.3 Å². The first kappa shape index (κ1) is 16.0. The van der Waals surface area contributed by atoms with Crippen LogP contribution >= 0.6 is 0 Å². The molecule has 112 valence electrons. The van der Waals surface area contributed by atoms with Crippen molar-refractivity contribution in [3.05, 3.63) is 78.1 Å². The van der Waals surface area contributed by atoms with Crippen molar-refractivity contribution < 1.29 is 26.5 Å². The Balaban J connectivity index is 0.00000176. The Kier molecular flexibility index (Phi) is 5.12. The predicted molar refractivity (Wildman–Crippen MR) is 81.0 cm³/mol. The second-order valence-electron chi connectivity index (χ2n) is 4.93. The second kappa shape index (κ2) is 7.05. The zero-order chi connectivity index (χ0) is 14.7. The first-order valence-electron chi connectivity index (χ1n) is 6.81. The van der Waals surface area contributed by atoms with Crippen LogP contribution in [0.25, 0.3) is 10.8 Å². The number of aromatic nitrogens is 1. The minimum Gasteiger partial charge on any atom is -1.00 e. The standard InChI is InChI=1S/C18H16NO2.ClH/c1-21-18(20)16-8-6-14(7-9-16)12-19-11-10-15-4-2-3-5-17(15)13-19;/h2-11,13H,12H2,1H3;1H/q+1;/p-1. The van der Waals surface area contributed by atoms with Crippen LogP contribution in [0.3, 0.4) is 0 Å². The maximum Gasteiger partial charge on any atom is 0.337 e. The van der Waals surface area contributed by atoms with Gasteiger partial charge in [0.15, 0.2) is 18.9 Å². The first-order chi connectivity index (χ1) is 10.3. The molecule has 0 saturated carbocycles. The average Bonchev–Trinajstić information content (AvgIpc) is 2.55. The van der Waals surface area contributed by atoms with Crippen LogP contribution in [0, 0.1) is 0 Å². The van der Waals surface area contributed by atoms with Crippen molar-refractivity contribution in [2.75, 3.05) is 7.11 Å². The monoisotopic (exact) mass is 313 g/mol. The van der Waals surface area contributed by atoms with Gasteiger partial charge in [-0.3, -0.25) is 0 Å². The molecule has 0 fully saturated rings. The molecule has 0 unspecified atom stereocenters. The van der Waals surface area contributed by atoms with Gasteiger partial charge in [-0.15, -0.1) is 0 Å². The van der Waals surface area contributed by atoms with E-state index in [1.807, 2.05) is 24.3 Å². The Hall–Kier alpha value is -2.39. The molecule has 0 saturated heterocycles. The molecule has 3 rings (SSSR count). The van der Waals surface area contributed by atoms with Gasteiger partial charge in [0.2, 0.25) is 0 Å². The van der Waals surface area contributed by atoms with E-state index in [4.69, 9.17) is 4.74 Å². The minimum atomic E-state index is -0.306. The molecule has 0 aliphatic carbocycles. The second-order valence-corrected chi connectivity index (χ2v) is 4.93. The fourth-order valence-corrected chi connectivity index (χ4v) is 2.35. The van der Waals surface area contributed by atoms with Crippen molar-refractivity contribution in [3.8, 4) is 0 Å². The summed E-state index contributed by atoms with van der Waals surface area (Å²) < 4.78 is 6.83. The highest BCUT2D eigenvalue weighted by molar-refractivity contribution is 5.89. The number of fused-ring (bicyclic) bond motifs is 1. The van der Waals surface area contributed by atoms with Crippen molar-refractivity contribution in [2.45, 2.75) is 6.54 Å². The molecule has 0 aliphatic rings. The van der Waals surface area contributed by atoms with E-state index in [0.717, 1.165) is 12.1 Å². The van der Waals surface area contributed by atoms with Gasteiger partial charge in [0.05, 0.1) is 12.7 Å². The van der Waals surface area contributed by atoms with Crippen LogP contribution in [0.2, 0.25) is 0 Å². The van der Waals surface area contributed by atoms with E-state index in [9.17, 15) is 4.79 Å². The van der Waals surface area contributed by atoms with Crippen molar-refractivity contribution >= 4 is 16.7 Å². The first-order valence-corrected chi connectivity index (χ1v) is 6.81. The summed E-state index contributed by atoms with van der Waals surface area (Å²) >= 11 is 0. The smallest absolute Gasteiger partial charge is 0.337 e. The fraction of sp³-hybridized carbons (Fsp3) is 0.111. The maximum absolute atomic E-state index is 11.4. The third kappa shape index (κ3) is 3.43. The van der Waals surface area contributed by atoms with Crippen molar-refractivity contribution in [2.24, 2.45) is 0 Å². The third-order valence-electron chi connectivity index (χ3n) is 3.49. The third-order valence-corrected chi connectivity index (χ3v) is 3.49. The lowest BCUT2D eigenvalue weighted by molar-refractivity contribution is -0.687. The topological polar surface area (TPSA) is 30.2 Å². The Morgan fingerprint density at radius 3 is 2.36 bits per heavy atom. The number of carbonyl (C=O) groups is 1. The number of nitrogens with zero attached hydrogens (tertiary/aromatic N) is 1. The molecule has 0 radical (unpaired) electrons. The Morgan fingerprint density at radius 1 is 1.00 bits per heavy atom. The molecule has 0 amide bonds. The SMILES string of the molecule is COC(=O)c1ccc(C[n+]2ccc3ccccc3c2)cc1.[Cl-]. The molecule has 2 aromatic carbocycles. The van der Waals surface area contributed by atoms with E-state index in [2.05, 4.69) is 35.2 Å². The number of hydrogen-bond acceptors (Lipinski definition) is 2. The van der Waals surface area contributed by atoms with E-state index in [1.54, 1.807) is 12.1 Å². The van der Waals surface area contributed by atoms with Crippen molar-refractivity contribution in [3.63, 3.8) is 0 Å². The number of ether oxygens (including phenoxy) is 1. The number of halogens is 1. The summed E-state index contributed by atoms with van der Waals surface area (Å²) in [6.07, 6.45) is 4.19. The van der Waals surface area contributed by atoms with E-state index < -0.39 is 0 Å².